The number of hydrogen-bond donors (Lipinski definition) is 2. The molecule has 0 saturated heterocycles. The molecular weight excluding hydrogens is 338 g/mol. The third-order valence-corrected chi connectivity index (χ3v) is 4.99. The van der Waals surface area contributed by atoms with Crippen LogP contribution in [0.3, 0.4) is 0 Å². The standard InChI is InChI=1S/C22H27N3O2/c1-15(22(26)27-4)23-13-19(16-9-11-17(12-10-16)25(2)3)20-14-24-21-8-6-5-7-18(20)21/h5-12,14-15,19,23-24H,13H2,1-4H3/t15-,19+/m1/s1. The molecule has 1 heterocycles. The first-order valence-electron chi connectivity index (χ1n) is 9.15. The SMILES string of the molecule is COC(=O)[C@@H](C)NC[C@@H](c1ccc(N(C)C)cc1)c1c[nH]c2ccccc12. The quantitative estimate of drug-likeness (QED) is 0.629. The van der Waals surface area contributed by atoms with Crippen LogP contribution in [-0.2, 0) is 9.53 Å². The van der Waals surface area contributed by atoms with E-state index in [0.29, 0.717) is 6.54 Å². The summed E-state index contributed by atoms with van der Waals surface area (Å²) < 4.78 is 4.84. The molecule has 0 unspecified atom stereocenters. The second kappa shape index (κ2) is 8.27. The first-order chi connectivity index (χ1) is 13.0. The number of aromatic nitrogens is 1. The molecule has 1 aromatic heterocycles. The van der Waals surface area contributed by atoms with Gasteiger partial charge in [0.15, 0.2) is 0 Å². The summed E-state index contributed by atoms with van der Waals surface area (Å²) in [6.07, 6.45) is 2.07. The normalized spacial score (nSPS) is 13.3. The second-order valence-corrected chi connectivity index (χ2v) is 6.98. The minimum absolute atomic E-state index is 0.115. The lowest BCUT2D eigenvalue weighted by molar-refractivity contribution is -0.142. The van der Waals surface area contributed by atoms with Crippen LogP contribution in [0.4, 0.5) is 5.69 Å². The molecule has 3 rings (SSSR count). The molecule has 0 aliphatic rings. The molecule has 5 heteroatoms. The van der Waals surface area contributed by atoms with Crippen LogP contribution < -0.4 is 10.2 Å². The largest absolute Gasteiger partial charge is 0.468 e. The summed E-state index contributed by atoms with van der Waals surface area (Å²) in [5.74, 6) is -0.139. The van der Waals surface area contributed by atoms with E-state index in [1.807, 2.05) is 27.1 Å². The van der Waals surface area contributed by atoms with Crippen molar-refractivity contribution in [3.05, 3.63) is 65.9 Å². The van der Waals surface area contributed by atoms with Gasteiger partial charge in [-0.3, -0.25) is 4.79 Å². The lowest BCUT2D eigenvalue weighted by Gasteiger charge is -2.21. The highest BCUT2D eigenvalue weighted by Crippen LogP contribution is 2.31. The molecule has 0 fully saturated rings. The third-order valence-electron chi connectivity index (χ3n) is 4.99. The molecule has 0 radical (unpaired) electrons. The van der Waals surface area contributed by atoms with Crippen molar-refractivity contribution in [2.24, 2.45) is 0 Å². The van der Waals surface area contributed by atoms with Crippen molar-refractivity contribution in [3.63, 3.8) is 0 Å². The topological polar surface area (TPSA) is 57.4 Å². The monoisotopic (exact) mass is 365 g/mol. The molecule has 0 aliphatic heterocycles. The zero-order valence-corrected chi connectivity index (χ0v) is 16.3. The predicted octanol–water partition coefficient (Wildman–Crippen LogP) is 3.52. The summed E-state index contributed by atoms with van der Waals surface area (Å²) in [6.45, 7) is 2.46. The number of methoxy groups -OCH3 is 1. The minimum Gasteiger partial charge on any atom is -0.468 e. The fourth-order valence-electron chi connectivity index (χ4n) is 3.35. The summed E-state index contributed by atoms with van der Waals surface area (Å²) in [6, 6.07) is 16.5. The first kappa shape index (κ1) is 19.0. The zero-order chi connectivity index (χ0) is 19.4. The molecule has 2 aromatic carbocycles. The molecule has 5 nitrogen and oxygen atoms in total. The van der Waals surface area contributed by atoms with Gasteiger partial charge in [-0.25, -0.2) is 0 Å². The molecule has 0 amide bonds. The Kier molecular flexibility index (Phi) is 5.81. The number of para-hydroxylation sites is 1. The van der Waals surface area contributed by atoms with E-state index in [9.17, 15) is 4.79 Å². The average Bonchev–Trinajstić information content (AvgIpc) is 3.11. The summed E-state index contributed by atoms with van der Waals surface area (Å²) in [7, 11) is 5.48. The van der Waals surface area contributed by atoms with Gasteiger partial charge in [-0.2, -0.15) is 0 Å². The number of aromatic amines is 1. The molecule has 2 N–H and O–H groups in total. The van der Waals surface area contributed by atoms with E-state index in [2.05, 4.69) is 63.9 Å². The van der Waals surface area contributed by atoms with Crippen molar-refractivity contribution >= 4 is 22.6 Å². The van der Waals surface area contributed by atoms with Gasteiger partial charge in [-0.1, -0.05) is 30.3 Å². The van der Waals surface area contributed by atoms with Gasteiger partial charge in [-0.05, 0) is 36.2 Å². The number of ether oxygens (including phenoxy) is 1. The van der Waals surface area contributed by atoms with Gasteiger partial charge in [0, 0.05) is 49.3 Å². The van der Waals surface area contributed by atoms with E-state index in [-0.39, 0.29) is 17.9 Å². The van der Waals surface area contributed by atoms with Gasteiger partial charge in [0.2, 0.25) is 0 Å². The number of hydrogen-bond acceptors (Lipinski definition) is 4. The number of fused-ring (bicyclic) bond motifs is 1. The Morgan fingerprint density at radius 3 is 2.52 bits per heavy atom. The van der Waals surface area contributed by atoms with Crippen LogP contribution in [0.5, 0.6) is 0 Å². The van der Waals surface area contributed by atoms with Crippen LogP contribution in [-0.4, -0.2) is 44.7 Å². The molecule has 142 valence electrons. The lowest BCUT2D eigenvalue weighted by atomic mass is 9.90. The van der Waals surface area contributed by atoms with E-state index >= 15 is 0 Å². The van der Waals surface area contributed by atoms with Crippen molar-refractivity contribution in [3.8, 4) is 0 Å². The Hall–Kier alpha value is -2.79. The lowest BCUT2D eigenvalue weighted by Crippen LogP contribution is -2.37. The van der Waals surface area contributed by atoms with E-state index < -0.39 is 0 Å². The molecule has 0 bridgehead atoms. The number of H-pyrrole nitrogens is 1. The summed E-state index contributed by atoms with van der Waals surface area (Å²) in [5.41, 5.74) is 4.69. The Labute approximate surface area is 160 Å². The van der Waals surface area contributed by atoms with Crippen LogP contribution in [0.1, 0.15) is 24.0 Å². The van der Waals surface area contributed by atoms with Crippen molar-refractivity contribution in [1.29, 1.82) is 0 Å². The van der Waals surface area contributed by atoms with Crippen molar-refractivity contribution < 1.29 is 9.53 Å². The van der Waals surface area contributed by atoms with Crippen LogP contribution in [0.25, 0.3) is 10.9 Å². The highest BCUT2D eigenvalue weighted by molar-refractivity contribution is 5.84. The number of carbonyl (C=O) groups excluding carboxylic acids is 1. The summed E-state index contributed by atoms with van der Waals surface area (Å²) >= 11 is 0. The third kappa shape index (κ3) is 4.14. The molecule has 0 saturated carbocycles. The zero-order valence-electron chi connectivity index (χ0n) is 16.3. The van der Waals surface area contributed by atoms with E-state index in [0.717, 1.165) is 11.2 Å². The number of benzene rings is 2. The molecule has 3 aromatic rings. The Balaban J connectivity index is 1.94. The number of nitrogens with one attached hydrogen (secondary N) is 2. The van der Waals surface area contributed by atoms with E-state index in [1.54, 1.807) is 0 Å². The molecular formula is C22H27N3O2. The van der Waals surface area contributed by atoms with Gasteiger partial charge >= 0.3 is 5.97 Å². The number of anilines is 1. The average molecular weight is 365 g/mol. The van der Waals surface area contributed by atoms with Crippen molar-refractivity contribution in [1.82, 2.24) is 10.3 Å². The van der Waals surface area contributed by atoms with Crippen LogP contribution >= 0.6 is 0 Å². The molecule has 2 atom stereocenters. The first-order valence-corrected chi connectivity index (χ1v) is 9.15. The fourth-order valence-corrected chi connectivity index (χ4v) is 3.35. The Morgan fingerprint density at radius 1 is 1.15 bits per heavy atom. The maximum absolute atomic E-state index is 11.8. The van der Waals surface area contributed by atoms with Crippen LogP contribution in [0.2, 0.25) is 0 Å². The highest BCUT2D eigenvalue weighted by Gasteiger charge is 2.21. The van der Waals surface area contributed by atoms with E-state index in [4.69, 9.17) is 4.74 Å². The van der Waals surface area contributed by atoms with Gasteiger partial charge in [-0.15, -0.1) is 0 Å². The molecule has 0 aliphatic carbocycles. The maximum Gasteiger partial charge on any atom is 0.322 e. The minimum atomic E-state index is -0.358. The summed E-state index contributed by atoms with van der Waals surface area (Å²) in [5, 5.41) is 4.52. The fraction of sp³-hybridized carbons (Fsp3) is 0.318. The Morgan fingerprint density at radius 2 is 1.85 bits per heavy atom. The van der Waals surface area contributed by atoms with Gasteiger partial charge < -0.3 is 19.9 Å². The highest BCUT2D eigenvalue weighted by atomic mass is 16.5. The number of esters is 1. The van der Waals surface area contributed by atoms with E-state index in [1.165, 1.54) is 23.6 Å². The van der Waals surface area contributed by atoms with Crippen LogP contribution in [0, 0.1) is 0 Å². The van der Waals surface area contributed by atoms with Gasteiger partial charge in [0.25, 0.3) is 0 Å². The number of nitrogens with zero attached hydrogens (tertiary/aromatic N) is 1. The maximum atomic E-state index is 11.8. The Bertz CT molecular complexity index is 899. The second-order valence-electron chi connectivity index (χ2n) is 6.98. The van der Waals surface area contributed by atoms with Crippen molar-refractivity contribution in [2.45, 2.75) is 18.9 Å². The molecule has 0 spiro atoms. The van der Waals surface area contributed by atoms with Gasteiger partial charge in [0.1, 0.15) is 6.04 Å². The van der Waals surface area contributed by atoms with Gasteiger partial charge in [0.05, 0.1) is 7.11 Å². The summed E-state index contributed by atoms with van der Waals surface area (Å²) in [4.78, 5) is 17.2. The van der Waals surface area contributed by atoms with Crippen LogP contribution in [0.15, 0.2) is 54.7 Å². The smallest absolute Gasteiger partial charge is 0.322 e. The van der Waals surface area contributed by atoms with Crippen molar-refractivity contribution in [2.75, 3.05) is 32.6 Å². The predicted molar refractivity (Wildman–Crippen MR) is 110 cm³/mol. The number of carbonyl (C=O) groups is 1. The molecule has 27 heavy (non-hydrogen) atoms. The number of rotatable bonds is 7.